The molecule has 3 rings (SSSR count). The molecule has 0 spiro atoms. The first kappa shape index (κ1) is 14.9. The summed E-state index contributed by atoms with van der Waals surface area (Å²) in [6, 6.07) is 7.33. The molecule has 2 nitrogen and oxygen atoms in total. The van der Waals surface area contributed by atoms with E-state index in [4.69, 9.17) is 4.74 Å². The van der Waals surface area contributed by atoms with E-state index in [9.17, 15) is 0 Å². The predicted octanol–water partition coefficient (Wildman–Crippen LogP) is 4.63. The van der Waals surface area contributed by atoms with E-state index in [0.717, 1.165) is 24.7 Å². The smallest absolute Gasteiger partial charge is 0.122 e. The van der Waals surface area contributed by atoms with Gasteiger partial charge in [0.2, 0.25) is 0 Å². The second-order valence-corrected chi connectivity index (χ2v) is 6.75. The maximum atomic E-state index is 5.74. The fourth-order valence-electron chi connectivity index (χ4n) is 3.95. The van der Waals surface area contributed by atoms with Crippen LogP contribution in [-0.4, -0.2) is 13.7 Å². The van der Waals surface area contributed by atoms with Crippen LogP contribution in [-0.2, 0) is 6.42 Å². The number of nitrogens with one attached hydrogen (secondary N) is 1. The van der Waals surface area contributed by atoms with Crippen LogP contribution >= 0.6 is 0 Å². The van der Waals surface area contributed by atoms with Gasteiger partial charge < -0.3 is 10.1 Å². The summed E-state index contributed by atoms with van der Waals surface area (Å²) < 4.78 is 5.74. The van der Waals surface area contributed by atoms with Crippen molar-refractivity contribution in [2.24, 2.45) is 5.92 Å². The van der Waals surface area contributed by atoms with Crippen LogP contribution in [0, 0.1) is 5.92 Å². The third kappa shape index (κ3) is 3.79. The lowest BCUT2D eigenvalue weighted by atomic mass is 9.88. The number of aryl methyl sites for hydroxylation is 1. The molecule has 2 heteroatoms. The van der Waals surface area contributed by atoms with Gasteiger partial charge in [0.1, 0.15) is 5.75 Å². The average Bonchev–Trinajstić information content (AvgIpc) is 2.81. The van der Waals surface area contributed by atoms with Gasteiger partial charge in [-0.3, -0.25) is 0 Å². The molecule has 0 aromatic heterocycles. The Kier molecular flexibility index (Phi) is 5.18. The molecular weight excluding hydrogens is 258 g/mol. The molecule has 1 fully saturated rings. The van der Waals surface area contributed by atoms with Crippen LogP contribution in [0.5, 0.6) is 5.75 Å². The highest BCUT2D eigenvalue weighted by molar-refractivity contribution is 5.39. The molecule has 1 heterocycles. The van der Waals surface area contributed by atoms with E-state index in [1.807, 2.05) is 0 Å². The Hall–Kier alpha value is -1.02. The van der Waals surface area contributed by atoms with Crippen LogP contribution in [0.2, 0.25) is 0 Å². The SMILES string of the molecule is CNC(CC1CCCCCC1)c1ccc2c(c1)CCCO2. The number of hydrogen-bond donors (Lipinski definition) is 1. The lowest BCUT2D eigenvalue weighted by molar-refractivity contribution is 0.288. The summed E-state index contributed by atoms with van der Waals surface area (Å²) in [5.41, 5.74) is 2.85. The van der Waals surface area contributed by atoms with E-state index in [1.54, 1.807) is 0 Å². The molecule has 2 aliphatic rings. The molecule has 1 N–H and O–H groups in total. The van der Waals surface area contributed by atoms with Crippen molar-refractivity contribution in [2.45, 2.75) is 63.8 Å². The highest BCUT2D eigenvalue weighted by Crippen LogP contribution is 2.33. The van der Waals surface area contributed by atoms with Crippen LogP contribution in [0.15, 0.2) is 18.2 Å². The topological polar surface area (TPSA) is 21.3 Å². The molecular formula is C19H29NO. The fourth-order valence-corrected chi connectivity index (χ4v) is 3.95. The van der Waals surface area contributed by atoms with Crippen molar-refractivity contribution in [3.8, 4) is 5.75 Å². The van der Waals surface area contributed by atoms with Crippen molar-refractivity contribution in [3.63, 3.8) is 0 Å². The molecule has 1 aliphatic carbocycles. The fraction of sp³-hybridized carbons (Fsp3) is 0.684. The minimum atomic E-state index is 0.500. The zero-order valence-corrected chi connectivity index (χ0v) is 13.4. The molecule has 1 aromatic rings. The zero-order valence-electron chi connectivity index (χ0n) is 13.4. The quantitative estimate of drug-likeness (QED) is 0.815. The van der Waals surface area contributed by atoms with E-state index in [-0.39, 0.29) is 0 Å². The molecule has 1 aromatic carbocycles. The van der Waals surface area contributed by atoms with Crippen LogP contribution < -0.4 is 10.1 Å². The van der Waals surface area contributed by atoms with Gasteiger partial charge in [0.25, 0.3) is 0 Å². The number of rotatable bonds is 4. The third-order valence-electron chi connectivity index (χ3n) is 5.23. The van der Waals surface area contributed by atoms with Crippen molar-refractivity contribution in [3.05, 3.63) is 29.3 Å². The normalized spacial score (nSPS) is 21.2. The summed E-state index contributed by atoms with van der Waals surface area (Å²) in [7, 11) is 2.11. The number of hydrogen-bond acceptors (Lipinski definition) is 2. The van der Waals surface area contributed by atoms with Gasteiger partial charge in [-0.1, -0.05) is 50.7 Å². The average molecular weight is 287 g/mol. The van der Waals surface area contributed by atoms with Gasteiger partial charge in [-0.2, -0.15) is 0 Å². The van der Waals surface area contributed by atoms with Gasteiger partial charge >= 0.3 is 0 Å². The summed E-state index contributed by atoms with van der Waals surface area (Å²) in [4.78, 5) is 0. The van der Waals surface area contributed by atoms with Crippen LogP contribution in [0.3, 0.4) is 0 Å². The Bertz CT molecular complexity index is 449. The third-order valence-corrected chi connectivity index (χ3v) is 5.23. The van der Waals surface area contributed by atoms with Crippen molar-refractivity contribution in [1.29, 1.82) is 0 Å². The summed E-state index contributed by atoms with van der Waals surface area (Å²) in [5, 5.41) is 3.55. The Labute approximate surface area is 129 Å². The highest BCUT2D eigenvalue weighted by atomic mass is 16.5. The van der Waals surface area contributed by atoms with Crippen molar-refractivity contribution in [2.75, 3.05) is 13.7 Å². The Balaban J connectivity index is 1.70. The maximum absolute atomic E-state index is 5.74. The Morgan fingerprint density at radius 1 is 1.14 bits per heavy atom. The van der Waals surface area contributed by atoms with Crippen LogP contribution in [0.1, 0.15) is 68.5 Å². The highest BCUT2D eigenvalue weighted by Gasteiger charge is 2.20. The molecule has 0 saturated heterocycles. The summed E-state index contributed by atoms with van der Waals surface area (Å²) in [6.45, 7) is 0.879. The van der Waals surface area contributed by atoms with E-state index in [0.29, 0.717) is 6.04 Å². The molecule has 0 radical (unpaired) electrons. The summed E-state index contributed by atoms with van der Waals surface area (Å²) in [5.74, 6) is 2.01. The molecule has 0 amide bonds. The number of benzene rings is 1. The molecule has 0 bridgehead atoms. The van der Waals surface area contributed by atoms with Crippen LogP contribution in [0.4, 0.5) is 0 Å². The first-order valence-electron chi connectivity index (χ1n) is 8.79. The molecule has 1 unspecified atom stereocenters. The van der Waals surface area contributed by atoms with Crippen molar-refractivity contribution in [1.82, 2.24) is 5.32 Å². The van der Waals surface area contributed by atoms with Gasteiger partial charge in [-0.15, -0.1) is 0 Å². The van der Waals surface area contributed by atoms with Crippen molar-refractivity contribution >= 4 is 0 Å². The number of fused-ring (bicyclic) bond motifs is 1. The monoisotopic (exact) mass is 287 g/mol. The van der Waals surface area contributed by atoms with E-state index >= 15 is 0 Å². The second kappa shape index (κ2) is 7.31. The van der Waals surface area contributed by atoms with Crippen LogP contribution in [0.25, 0.3) is 0 Å². The first-order valence-corrected chi connectivity index (χ1v) is 8.79. The summed E-state index contributed by atoms with van der Waals surface area (Å²) >= 11 is 0. The van der Waals surface area contributed by atoms with E-state index < -0.39 is 0 Å². The van der Waals surface area contributed by atoms with Gasteiger partial charge in [0, 0.05) is 6.04 Å². The molecule has 1 atom stereocenters. The number of ether oxygens (including phenoxy) is 1. The van der Waals surface area contributed by atoms with Gasteiger partial charge in [-0.05, 0) is 49.4 Å². The van der Waals surface area contributed by atoms with Crippen molar-refractivity contribution < 1.29 is 4.74 Å². The van der Waals surface area contributed by atoms with E-state index in [1.165, 1.54) is 62.5 Å². The predicted molar refractivity (Wildman–Crippen MR) is 87.9 cm³/mol. The maximum Gasteiger partial charge on any atom is 0.122 e. The first-order chi connectivity index (χ1) is 10.4. The zero-order chi connectivity index (χ0) is 14.5. The van der Waals surface area contributed by atoms with Gasteiger partial charge in [0.15, 0.2) is 0 Å². The Morgan fingerprint density at radius 2 is 1.95 bits per heavy atom. The summed E-state index contributed by atoms with van der Waals surface area (Å²) in [6.07, 6.45) is 12.2. The second-order valence-electron chi connectivity index (χ2n) is 6.75. The lowest BCUT2D eigenvalue weighted by Crippen LogP contribution is -2.20. The Morgan fingerprint density at radius 3 is 2.71 bits per heavy atom. The lowest BCUT2D eigenvalue weighted by Gasteiger charge is -2.25. The molecule has 1 saturated carbocycles. The minimum absolute atomic E-state index is 0.500. The van der Waals surface area contributed by atoms with E-state index in [2.05, 4.69) is 30.6 Å². The molecule has 1 aliphatic heterocycles. The van der Waals surface area contributed by atoms with Gasteiger partial charge in [-0.25, -0.2) is 0 Å². The van der Waals surface area contributed by atoms with Gasteiger partial charge in [0.05, 0.1) is 6.61 Å². The molecule has 21 heavy (non-hydrogen) atoms. The molecule has 116 valence electrons. The standard InChI is InChI=1S/C19H29NO/c1-20-18(13-15-7-4-2-3-5-8-15)16-10-11-19-17(14-16)9-6-12-21-19/h10-11,14-15,18,20H,2-9,12-13H2,1H3. The minimum Gasteiger partial charge on any atom is -0.493 e. The largest absolute Gasteiger partial charge is 0.493 e.